The lowest BCUT2D eigenvalue weighted by atomic mass is 9.98. The first-order valence-electron chi connectivity index (χ1n) is 8.64. The number of benzene rings is 3. The summed E-state index contributed by atoms with van der Waals surface area (Å²) in [4.78, 5) is 12.9. The minimum absolute atomic E-state index is 0.0361. The third kappa shape index (κ3) is 4.83. The van der Waals surface area contributed by atoms with E-state index in [2.05, 4.69) is 5.32 Å². The molecule has 4 nitrogen and oxygen atoms in total. The molecule has 0 saturated heterocycles. The Hall–Kier alpha value is -2.92. The van der Waals surface area contributed by atoms with Gasteiger partial charge in [0.05, 0.1) is 16.5 Å². The molecule has 0 radical (unpaired) electrons. The molecule has 0 unspecified atom stereocenters. The van der Waals surface area contributed by atoms with E-state index >= 15 is 0 Å². The van der Waals surface area contributed by atoms with Gasteiger partial charge in [-0.25, -0.2) is 8.42 Å². The lowest BCUT2D eigenvalue weighted by molar-refractivity contribution is 0.0933. The maximum atomic E-state index is 12.9. The second kappa shape index (κ2) is 8.18. The van der Waals surface area contributed by atoms with Crippen LogP contribution in [0.1, 0.15) is 27.5 Å². The predicted molar refractivity (Wildman–Crippen MR) is 106 cm³/mol. The molecule has 1 amide bonds. The van der Waals surface area contributed by atoms with Crippen LogP contribution in [0.5, 0.6) is 0 Å². The Morgan fingerprint density at radius 3 is 2.04 bits per heavy atom. The molecule has 3 aromatic carbocycles. The van der Waals surface area contributed by atoms with Crippen LogP contribution < -0.4 is 5.32 Å². The zero-order chi connectivity index (χ0) is 19.3. The Labute approximate surface area is 159 Å². The van der Waals surface area contributed by atoms with Crippen LogP contribution in [0.4, 0.5) is 0 Å². The Morgan fingerprint density at radius 2 is 1.41 bits per heavy atom. The van der Waals surface area contributed by atoms with Gasteiger partial charge in [-0.1, -0.05) is 72.8 Å². The third-order valence-electron chi connectivity index (χ3n) is 4.32. The van der Waals surface area contributed by atoms with Gasteiger partial charge in [-0.05, 0) is 29.7 Å². The summed E-state index contributed by atoms with van der Waals surface area (Å²) in [6.07, 6.45) is 1.72. The number of nitrogens with one attached hydrogen (secondary N) is 1. The van der Waals surface area contributed by atoms with Crippen LogP contribution in [0.2, 0.25) is 0 Å². The monoisotopic (exact) mass is 379 g/mol. The van der Waals surface area contributed by atoms with Gasteiger partial charge in [0, 0.05) is 6.26 Å². The second-order valence-corrected chi connectivity index (χ2v) is 8.38. The Kier molecular flexibility index (Phi) is 5.72. The van der Waals surface area contributed by atoms with Crippen molar-refractivity contribution in [3.8, 4) is 0 Å². The quantitative estimate of drug-likeness (QED) is 0.708. The molecule has 0 aliphatic carbocycles. The molecular weight excluding hydrogens is 358 g/mol. The fraction of sp³-hybridized carbons (Fsp3) is 0.136. The molecule has 3 aromatic rings. The van der Waals surface area contributed by atoms with E-state index in [1.807, 2.05) is 60.7 Å². The van der Waals surface area contributed by atoms with E-state index < -0.39 is 15.7 Å². The molecular formula is C22H21NO3S. The van der Waals surface area contributed by atoms with Crippen molar-refractivity contribution < 1.29 is 13.2 Å². The number of rotatable bonds is 6. The van der Waals surface area contributed by atoms with Crippen molar-refractivity contribution >= 4 is 15.7 Å². The topological polar surface area (TPSA) is 63.2 Å². The molecule has 27 heavy (non-hydrogen) atoms. The van der Waals surface area contributed by atoms with E-state index in [4.69, 9.17) is 0 Å². The van der Waals surface area contributed by atoms with Gasteiger partial charge < -0.3 is 5.32 Å². The van der Waals surface area contributed by atoms with Crippen molar-refractivity contribution in [3.05, 3.63) is 102 Å². The van der Waals surface area contributed by atoms with E-state index in [0.29, 0.717) is 6.42 Å². The summed E-state index contributed by atoms with van der Waals surface area (Å²) in [6, 6.07) is 25.6. The molecule has 0 aromatic heterocycles. The zero-order valence-corrected chi connectivity index (χ0v) is 15.8. The van der Waals surface area contributed by atoms with Gasteiger partial charge in [-0.15, -0.1) is 0 Å². The van der Waals surface area contributed by atoms with Crippen molar-refractivity contribution in [2.24, 2.45) is 0 Å². The van der Waals surface area contributed by atoms with Crippen LogP contribution in [0.25, 0.3) is 0 Å². The van der Waals surface area contributed by atoms with Gasteiger partial charge in [-0.2, -0.15) is 0 Å². The normalized spacial score (nSPS) is 12.3. The van der Waals surface area contributed by atoms with Crippen LogP contribution >= 0.6 is 0 Å². The maximum absolute atomic E-state index is 12.9. The minimum atomic E-state index is -3.50. The van der Waals surface area contributed by atoms with Crippen LogP contribution in [-0.2, 0) is 16.3 Å². The highest BCUT2D eigenvalue weighted by Gasteiger charge is 2.21. The second-order valence-electron chi connectivity index (χ2n) is 6.39. The van der Waals surface area contributed by atoms with Gasteiger partial charge in [0.2, 0.25) is 0 Å². The van der Waals surface area contributed by atoms with Crippen LogP contribution in [-0.4, -0.2) is 20.6 Å². The molecule has 3 rings (SSSR count). The maximum Gasteiger partial charge on any atom is 0.253 e. The number of hydrogen-bond acceptors (Lipinski definition) is 3. The molecule has 0 aliphatic rings. The highest BCUT2D eigenvalue weighted by Crippen LogP contribution is 2.21. The largest absolute Gasteiger partial charge is 0.345 e. The third-order valence-corrected chi connectivity index (χ3v) is 5.48. The molecule has 0 aliphatic heterocycles. The highest BCUT2D eigenvalue weighted by molar-refractivity contribution is 7.90. The van der Waals surface area contributed by atoms with Gasteiger partial charge in [0.25, 0.3) is 5.91 Å². The SMILES string of the molecule is CS(=O)(=O)c1ccccc1C(=O)N[C@H](Cc1ccccc1)c1ccccc1. The van der Waals surface area contributed by atoms with E-state index in [1.165, 1.54) is 12.1 Å². The zero-order valence-electron chi connectivity index (χ0n) is 15.0. The fourth-order valence-electron chi connectivity index (χ4n) is 3.00. The first-order valence-corrected chi connectivity index (χ1v) is 10.5. The molecule has 0 heterocycles. The number of carbonyl (C=O) groups is 1. The molecule has 138 valence electrons. The van der Waals surface area contributed by atoms with Crippen LogP contribution in [0.15, 0.2) is 89.8 Å². The van der Waals surface area contributed by atoms with E-state index in [9.17, 15) is 13.2 Å². The van der Waals surface area contributed by atoms with Gasteiger partial charge in [0.15, 0.2) is 9.84 Å². The Balaban J connectivity index is 1.92. The lowest BCUT2D eigenvalue weighted by Gasteiger charge is -2.20. The standard InChI is InChI=1S/C22H21NO3S/c1-27(25,26)21-15-9-8-14-19(21)22(24)23-20(18-12-6-3-7-13-18)16-17-10-4-2-5-11-17/h2-15,20H,16H2,1H3,(H,23,24)/t20-/m1/s1. The summed E-state index contributed by atoms with van der Waals surface area (Å²) in [7, 11) is -3.50. The summed E-state index contributed by atoms with van der Waals surface area (Å²) >= 11 is 0. The van der Waals surface area contributed by atoms with Crippen molar-refractivity contribution in [3.63, 3.8) is 0 Å². The Bertz CT molecular complexity index is 1020. The number of sulfone groups is 1. The van der Waals surface area contributed by atoms with Crippen LogP contribution in [0, 0.1) is 0 Å². The molecule has 1 atom stereocenters. The van der Waals surface area contributed by atoms with Crippen molar-refractivity contribution in [2.75, 3.05) is 6.26 Å². The number of carbonyl (C=O) groups excluding carboxylic acids is 1. The summed E-state index contributed by atoms with van der Waals surface area (Å²) in [5.41, 5.74) is 2.21. The average Bonchev–Trinajstić information content (AvgIpc) is 2.68. The molecule has 5 heteroatoms. The molecule has 0 bridgehead atoms. The van der Waals surface area contributed by atoms with Gasteiger partial charge in [-0.3, -0.25) is 4.79 Å². The van der Waals surface area contributed by atoms with E-state index in [-0.39, 0.29) is 16.5 Å². The Morgan fingerprint density at radius 1 is 0.852 bits per heavy atom. The van der Waals surface area contributed by atoms with E-state index in [0.717, 1.165) is 17.4 Å². The van der Waals surface area contributed by atoms with Gasteiger partial charge >= 0.3 is 0 Å². The minimum Gasteiger partial charge on any atom is -0.345 e. The van der Waals surface area contributed by atoms with Crippen molar-refractivity contribution in [1.29, 1.82) is 0 Å². The summed E-state index contributed by atoms with van der Waals surface area (Å²) in [5.74, 6) is -0.402. The molecule has 0 saturated carbocycles. The van der Waals surface area contributed by atoms with Crippen LogP contribution in [0.3, 0.4) is 0 Å². The number of hydrogen-bond donors (Lipinski definition) is 1. The summed E-state index contributed by atoms with van der Waals surface area (Å²) in [5, 5.41) is 3.01. The molecule has 1 N–H and O–H groups in total. The van der Waals surface area contributed by atoms with E-state index in [1.54, 1.807) is 12.1 Å². The summed E-state index contributed by atoms with van der Waals surface area (Å²) in [6.45, 7) is 0. The predicted octanol–water partition coefficient (Wildman–Crippen LogP) is 3.80. The first kappa shape index (κ1) is 18.9. The first-order chi connectivity index (χ1) is 12.9. The lowest BCUT2D eigenvalue weighted by Crippen LogP contribution is -2.31. The highest BCUT2D eigenvalue weighted by atomic mass is 32.2. The summed E-state index contributed by atoms with van der Waals surface area (Å²) < 4.78 is 24.0. The van der Waals surface area contributed by atoms with Crippen molar-refractivity contribution in [2.45, 2.75) is 17.4 Å². The fourth-order valence-corrected chi connectivity index (χ4v) is 3.89. The smallest absolute Gasteiger partial charge is 0.253 e. The molecule has 0 spiro atoms. The number of amides is 1. The van der Waals surface area contributed by atoms with Crippen molar-refractivity contribution in [1.82, 2.24) is 5.32 Å². The molecule has 0 fully saturated rings. The average molecular weight is 379 g/mol. The van der Waals surface area contributed by atoms with Gasteiger partial charge in [0.1, 0.15) is 0 Å².